The Hall–Kier alpha value is -2.15. The molecule has 1 fully saturated rings. The fraction of sp³-hybridized carbons (Fsp3) is 0.417. The fourth-order valence-electron chi connectivity index (χ4n) is 4.02. The van der Waals surface area contributed by atoms with E-state index in [1.165, 1.54) is 17.3 Å². The van der Waals surface area contributed by atoms with Crippen LogP contribution in [0.4, 0.5) is 0 Å². The molecule has 1 aliphatic carbocycles. The van der Waals surface area contributed by atoms with E-state index in [1.54, 1.807) is 6.07 Å². The topological polar surface area (TPSA) is 89.6 Å². The fourth-order valence-corrected chi connectivity index (χ4v) is 4.50. The molecule has 3 N–H and O–H groups in total. The molecule has 3 rings (SSSR count). The summed E-state index contributed by atoms with van der Waals surface area (Å²) in [6.45, 7) is -0.206. The zero-order valence-corrected chi connectivity index (χ0v) is 18.1. The molecule has 2 aromatic rings. The Morgan fingerprint density at radius 2 is 1.90 bits per heavy atom. The van der Waals surface area contributed by atoms with Crippen LogP contribution in [0.1, 0.15) is 53.1 Å². The van der Waals surface area contributed by atoms with E-state index >= 15 is 0 Å². The molecule has 0 aliphatic heterocycles. The predicted molar refractivity (Wildman–Crippen MR) is 119 cm³/mol. The number of carbonyl (C=O) groups is 2. The summed E-state index contributed by atoms with van der Waals surface area (Å²) < 4.78 is 5.49. The molecule has 6 heteroatoms. The molecule has 160 valence electrons. The summed E-state index contributed by atoms with van der Waals surface area (Å²) in [7, 11) is 0. The lowest BCUT2D eigenvalue weighted by molar-refractivity contribution is -0.123. The average molecular weight is 428 g/mol. The summed E-state index contributed by atoms with van der Waals surface area (Å²) in [6, 6.07) is 13.9. The van der Waals surface area contributed by atoms with Crippen molar-refractivity contribution in [2.24, 2.45) is 11.7 Å². The minimum Gasteiger partial charge on any atom is -0.486 e. The van der Waals surface area contributed by atoms with E-state index in [9.17, 15) is 9.59 Å². The van der Waals surface area contributed by atoms with Crippen molar-refractivity contribution in [1.29, 1.82) is 0 Å². The van der Waals surface area contributed by atoms with Gasteiger partial charge in [-0.05, 0) is 67.2 Å². The number of ether oxygens (including phenoxy) is 1. The van der Waals surface area contributed by atoms with Gasteiger partial charge in [-0.15, -0.1) is 11.8 Å². The van der Waals surface area contributed by atoms with Gasteiger partial charge in [0.2, 0.25) is 0 Å². The number of carbonyl (C=O) groups excluding carboxylic acids is 2. The van der Waals surface area contributed by atoms with Crippen molar-refractivity contribution in [2.45, 2.75) is 43.0 Å². The number of Topliss-reactive ketones (excluding diaryl/α,β-unsaturated/α-hetero) is 2. The maximum absolute atomic E-state index is 13.2. The highest BCUT2D eigenvalue weighted by molar-refractivity contribution is 7.98. The number of nitrogens with two attached hydrogens (primary N) is 1. The van der Waals surface area contributed by atoms with Crippen LogP contribution >= 0.6 is 11.8 Å². The summed E-state index contributed by atoms with van der Waals surface area (Å²) in [4.78, 5) is 25.4. The Labute approximate surface area is 182 Å². The molecule has 1 aliphatic rings. The summed E-state index contributed by atoms with van der Waals surface area (Å²) in [5.41, 5.74) is 8.86. The number of hydrogen-bond acceptors (Lipinski definition) is 6. The molecular weight excluding hydrogens is 398 g/mol. The first-order valence-corrected chi connectivity index (χ1v) is 11.5. The lowest BCUT2D eigenvalue weighted by Gasteiger charge is -2.28. The van der Waals surface area contributed by atoms with Gasteiger partial charge in [0.15, 0.2) is 11.6 Å². The van der Waals surface area contributed by atoms with Gasteiger partial charge < -0.3 is 15.6 Å². The molecule has 0 aromatic heterocycles. The quantitative estimate of drug-likeness (QED) is 0.465. The van der Waals surface area contributed by atoms with Crippen LogP contribution in [-0.2, 0) is 11.3 Å². The number of rotatable bonds is 9. The van der Waals surface area contributed by atoms with Crippen LogP contribution in [0.2, 0.25) is 0 Å². The SMILES string of the molecule is CSc1cc(OCC(=O)CO)cc(C(=O)C2CCC(c3cccc(CN)c3)CC2)c1. The first-order chi connectivity index (χ1) is 14.5. The van der Waals surface area contributed by atoms with Gasteiger partial charge in [0.25, 0.3) is 0 Å². The third-order valence-corrected chi connectivity index (χ3v) is 6.44. The monoisotopic (exact) mass is 427 g/mol. The third kappa shape index (κ3) is 5.72. The summed E-state index contributed by atoms with van der Waals surface area (Å²) in [5.74, 6) is 0.705. The van der Waals surface area contributed by atoms with Crippen LogP contribution in [0.15, 0.2) is 47.4 Å². The van der Waals surface area contributed by atoms with Gasteiger partial charge in [0.05, 0.1) is 0 Å². The molecule has 0 spiro atoms. The highest BCUT2D eigenvalue weighted by Gasteiger charge is 2.28. The van der Waals surface area contributed by atoms with Crippen LogP contribution in [0, 0.1) is 5.92 Å². The van der Waals surface area contributed by atoms with Gasteiger partial charge in [-0.3, -0.25) is 9.59 Å². The second-order valence-electron chi connectivity index (χ2n) is 7.74. The molecule has 0 heterocycles. The Kier molecular flexibility index (Phi) is 8.08. The molecule has 2 aromatic carbocycles. The molecule has 0 bridgehead atoms. The van der Waals surface area contributed by atoms with Gasteiger partial charge in [0.1, 0.15) is 19.0 Å². The maximum Gasteiger partial charge on any atom is 0.195 e. The van der Waals surface area contributed by atoms with Crippen molar-refractivity contribution < 1.29 is 19.4 Å². The highest BCUT2D eigenvalue weighted by atomic mass is 32.2. The molecule has 0 saturated heterocycles. The van der Waals surface area contributed by atoms with Crippen molar-refractivity contribution in [1.82, 2.24) is 0 Å². The van der Waals surface area contributed by atoms with Gasteiger partial charge in [-0.1, -0.05) is 24.3 Å². The second-order valence-corrected chi connectivity index (χ2v) is 8.62. The van der Waals surface area contributed by atoms with Crippen molar-refractivity contribution in [3.05, 3.63) is 59.2 Å². The summed E-state index contributed by atoms with van der Waals surface area (Å²) >= 11 is 1.53. The first kappa shape index (κ1) is 22.5. The summed E-state index contributed by atoms with van der Waals surface area (Å²) in [6.07, 6.45) is 5.63. The lowest BCUT2D eigenvalue weighted by Crippen LogP contribution is -2.21. The smallest absolute Gasteiger partial charge is 0.195 e. The molecule has 0 radical (unpaired) electrons. The van der Waals surface area contributed by atoms with Gasteiger partial charge in [-0.25, -0.2) is 0 Å². The van der Waals surface area contributed by atoms with E-state index in [1.807, 2.05) is 24.5 Å². The van der Waals surface area contributed by atoms with E-state index in [0.717, 1.165) is 36.1 Å². The second kappa shape index (κ2) is 10.8. The molecule has 0 amide bonds. The Balaban J connectivity index is 1.67. The number of aliphatic hydroxyl groups excluding tert-OH is 1. The van der Waals surface area contributed by atoms with E-state index in [4.69, 9.17) is 15.6 Å². The first-order valence-electron chi connectivity index (χ1n) is 10.3. The Morgan fingerprint density at radius 3 is 2.57 bits per heavy atom. The number of aliphatic hydroxyl groups is 1. The number of benzene rings is 2. The largest absolute Gasteiger partial charge is 0.486 e. The molecule has 1 saturated carbocycles. The molecule has 0 unspecified atom stereocenters. The van der Waals surface area contributed by atoms with Crippen LogP contribution in [-0.4, -0.2) is 36.1 Å². The van der Waals surface area contributed by atoms with Gasteiger partial charge >= 0.3 is 0 Å². The number of hydrogen-bond donors (Lipinski definition) is 2. The molecule has 30 heavy (non-hydrogen) atoms. The van der Waals surface area contributed by atoms with Gasteiger partial charge in [0, 0.05) is 22.9 Å². The lowest BCUT2D eigenvalue weighted by atomic mass is 9.76. The number of ketones is 2. The average Bonchev–Trinajstić information content (AvgIpc) is 2.81. The van der Waals surface area contributed by atoms with Crippen molar-refractivity contribution >= 4 is 23.3 Å². The molecule has 0 atom stereocenters. The van der Waals surface area contributed by atoms with E-state index in [2.05, 4.69) is 18.2 Å². The zero-order chi connectivity index (χ0) is 21.5. The Bertz CT molecular complexity index is 891. The van der Waals surface area contributed by atoms with Crippen LogP contribution in [0.5, 0.6) is 5.75 Å². The van der Waals surface area contributed by atoms with Crippen LogP contribution in [0.3, 0.4) is 0 Å². The maximum atomic E-state index is 13.2. The minimum atomic E-state index is -0.550. The van der Waals surface area contributed by atoms with Crippen LogP contribution < -0.4 is 10.5 Å². The van der Waals surface area contributed by atoms with E-state index < -0.39 is 12.4 Å². The normalized spacial score (nSPS) is 18.8. The van der Waals surface area contributed by atoms with Crippen LogP contribution in [0.25, 0.3) is 0 Å². The highest BCUT2D eigenvalue weighted by Crippen LogP contribution is 2.38. The molecule has 5 nitrogen and oxygen atoms in total. The Morgan fingerprint density at radius 1 is 1.13 bits per heavy atom. The van der Waals surface area contributed by atoms with E-state index in [-0.39, 0.29) is 18.3 Å². The van der Waals surface area contributed by atoms with E-state index in [0.29, 0.717) is 23.8 Å². The molecular formula is C24H29NO4S. The predicted octanol–water partition coefficient (Wildman–Crippen LogP) is 3.96. The minimum absolute atomic E-state index is 0.00275. The van der Waals surface area contributed by atoms with Gasteiger partial charge in [-0.2, -0.15) is 0 Å². The third-order valence-electron chi connectivity index (χ3n) is 5.73. The van der Waals surface area contributed by atoms with Crippen molar-refractivity contribution in [3.63, 3.8) is 0 Å². The van der Waals surface area contributed by atoms with Crippen molar-refractivity contribution in [3.8, 4) is 5.75 Å². The summed E-state index contributed by atoms with van der Waals surface area (Å²) in [5, 5.41) is 8.87. The number of thioether (sulfide) groups is 1. The van der Waals surface area contributed by atoms with Crippen molar-refractivity contribution in [2.75, 3.05) is 19.5 Å². The zero-order valence-electron chi connectivity index (χ0n) is 17.3. The standard InChI is InChI=1S/C24H29NO4S/c1-30-23-11-20(10-22(12-23)29-15-21(27)14-26)24(28)18-7-5-17(6-8-18)19-4-2-3-16(9-19)13-25/h2-4,9-12,17-18,26H,5-8,13-15,25H2,1H3.